The van der Waals surface area contributed by atoms with Gasteiger partial charge < -0.3 is 14.6 Å². The Labute approximate surface area is 210 Å². The molecule has 1 aliphatic rings. The molecule has 0 aliphatic carbocycles. The van der Waals surface area contributed by atoms with Gasteiger partial charge in [0.15, 0.2) is 5.16 Å². The quantitative estimate of drug-likeness (QED) is 0.315. The highest BCUT2D eigenvalue weighted by molar-refractivity contribution is 7.99. The van der Waals surface area contributed by atoms with Gasteiger partial charge >= 0.3 is 0 Å². The molecule has 0 radical (unpaired) electrons. The van der Waals surface area contributed by atoms with Crippen molar-refractivity contribution in [3.05, 3.63) is 74.8 Å². The highest BCUT2D eigenvalue weighted by Crippen LogP contribution is 2.34. The van der Waals surface area contributed by atoms with Crippen molar-refractivity contribution < 1.29 is 14.0 Å². The number of fused-ring (bicyclic) bond motifs is 3. The number of amides is 2. The zero-order valence-corrected chi connectivity index (χ0v) is 21.0. The number of aryl methyl sites for hydroxylation is 1. The molecule has 1 aromatic carbocycles. The molecule has 0 spiro atoms. The van der Waals surface area contributed by atoms with Gasteiger partial charge in [0.05, 0.1) is 36.2 Å². The fourth-order valence-electron chi connectivity index (χ4n) is 4.09. The maximum Gasteiger partial charge on any atom is 0.267 e. The van der Waals surface area contributed by atoms with Gasteiger partial charge in [0.25, 0.3) is 5.56 Å². The molecular weight excluding hydrogens is 484 g/mol. The van der Waals surface area contributed by atoms with Crippen LogP contribution in [0.25, 0.3) is 15.9 Å². The number of carbonyl (C=O) groups is 2. The van der Waals surface area contributed by atoms with E-state index in [4.69, 9.17) is 9.40 Å². The first-order valence-corrected chi connectivity index (χ1v) is 13.0. The minimum Gasteiger partial charge on any atom is -0.467 e. The molecule has 0 bridgehead atoms. The summed E-state index contributed by atoms with van der Waals surface area (Å²) < 4.78 is 6.85. The lowest BCUT2D eigenvalue weighted by Gasteiger charge is -2.25. The van der Waals surface area contributed by atoms with Crippen LogP contribution in [0.2, 0.25) is 0 Å². The lowest BCUT2D eigenvalue weighted by atomic mass is 10.1. The Kier molecular flexibility index (Phi) is 6.48. The van der Waals surface area contributed by atoms with Gasteiger partial charge in [-0.15, -0.1) is 11.3 Å². The largest absolute Gasteiger partial charge is 0.467 e. The Morgan fingerprint density at radius 3 is 2.74 bits per heavy atom. The second kappa shape index (κ2) is 9.71. The maximum absolute atomic E-state index is 13.8. The average molecular weight is 509 g/mol. The van der Waals surface area contributed by atoms with Crippen molar-refractivity contribution in [2.45, 2.75) is 38.5 Å². The minimum absolute atomic E-state index is 0.0231. The first-order valence-electron chi connectivity index (χ1n) is 11.2. The van der Waals surface area contributed by atoms with E-state index in [1.54, 1.807) is 34.8 Å². The molecule has 2 amide bonds. The number of nitrogens with zero attached hydrogens (tertiary/aromatic N) is 3. The SMILES string of the molecule is CC(=O)N1CCc2c(sc3nc(SCC(=O)NCc4ccco4)n(-c4ccc(C)cc4)c(=O)c23)C1. The van der Waals surface area contributed by atoms with Crippen LogP contribution >= 0.6 is 23.1 Å². The first kappa shape index (κ1) is 23.4. The summed E-state index contributed by atoms with van der Waals surface area (Å²) in [6, 6.07) is 11.2. The third kappa shape index (κ3) is 4.76. The van der Waals surface area contributed by atoms with Crippen molar-refractivity contribution in [2.24, 2.45) is 0 Å². The summed E-state index contributed by atoms with van der Waals surface area (Å²) in [6.45, 7) is 4.93. The van der Waals surface area contributed by atoms with Crippen LogP contribution in [0.4, 0.5) is 0 Å². The molecule has 1 N–H and O–H groups in total. The Morgan fingerprint density at radius 1 is 1.23 bits per heavy atom. The van der Waals surface area contributed by atoms with Gasteiger partial charge in [0, 0.05) is 18.3 Å². The summed E-state index contributed by atoms with van der Waals surface area (Å²) in [5.74, 6) is 0.616. The average Bonchev–Trinajstić information content (AvgIpc) is 3.49. The van der Waals surface area contributed by atoms with E-state index >= 15 is 0 Å². The van der Waals surface area contributed by atoms with Crippen molar-refractivity contribution in [2.75, 3.05) is 12.3 Å². The maximum atomic E-state index is 13.8. The van der Waals surface area contributed by atoms with E-state index in [0.717, 1.165) is 16.0 Å². The molecule has 0 saturated carbocycles. The number of hydrogen-bond acceptors (Lipinski definition) is 7. The highest BCUT2D eigenvalue weighted by atomic mass is 32.2. The van der Waals surface area contributed by atoms with Crippen LogP contribution in [-0.4, -0.2) is 38.6 Å². The third-order valence-electron chi connectivity index (χ3n) is 5.95. The van der Waals surface area contributed by atoms with Gasteiger partial charge in [-0.05, 0) is 43.2 Å². The molecule has 3 aromatic heterocycles. The summed E-state index contributed by atoms with van der Waals surface area (Å²) >= 11 is 2.68. The second-order valence-electron chi connectivity index (χ2n) is 8.39. The number of aromatic nitrogens is 2. The zero-order chi connectivity index (χ0) is 24.5. The molecule has 35 heavy (non-hydrogen) atoms. The van der Waals surface area contributed by atoms with Gasteiger partial charge in [-0.3, -0.25) is 19.0 Å². The number of nitrogens with one attached hydrogen (secondary N) is 1. The Bertz CT molecular complexity index is 1460. The van der Waals surface area contributed by atoms with Crippen molar-refractivity contribution in [3.8, 4) is 5.69 Å². The van der Waals surface area contributed by atoms with E-state index in [2.05, 4.69) is 5.32 Å². The van der Waals surface area contributed by atoms with Crippen LogP contribution in [0.1, 0.15) is 28.7 Å². The van der Waals surface area contributed by atoms with Crippen molar-refractivity contribution in [1.82, 2.24) is 19.8 Å². The molecule has 4 heterocycles. The predicted octanol–water partition coefficient (Wildman–Crippen LogP) is 3.66. The number of hydrogen-bond donors (Lipinski definition) is 1. The zero-order valence-electron chi connectivity index (χ0n) is 19.4. The van der Waals surface area contributed by atoms with Gasteiger partial charge in [-0.1, -0.05) is 29.5 Å². The monoisotopic (exact) mass is 508 g/mol. The smallest absolute Gasteiger partial charge is 0.267 e. The molecule has 5 rings (SSSR count). The van der Waals surface area contributed by atoms with Gasteiger partial charge in [-0.25, -0.2) is 4.98 Å². The number of rotatable bonds is 6. The lowest BCUT2D eigenvalue weighted by molar-refractivity contribution is -0.129. The molecule has 8 nitrogen and oxygen atoms in total. The molecule has 0 saturated heterocycles. The van der Waals surface area contributed by atoms with E-state index in [1.807, 2.05) is 31.2 Å². The van der Waals surface area contributed by atoms with Crippen molar-refractivity contribution >= 4 is 45.1 Å². The number of thioether (sulfide) groups is 1. The van der Waals surface area contributed by atoms with E-state index in [1.165, 1.54) is 23.1 Å². The molecule has 0 atom stereocenters. The van der Waals surface area contributed by atoms with E-state index < -0.39 is 0 Å². The van der Waals surface area contributed by atoms with Crippen LogP contribution < -0.4 is 10.9 Å². The topological polar surface area (TPSA) is 97.4 Å². The number of benzene rings is 1. The van der Waals surface area contributed by atoms with Gasteiger partial charge in [-0.2, -0.15) is 0 Å². The lowest BCUT2D eigenvalue weighted by Crippen LogP contribution is -2.34. The predicted molar refractivity (Wildman–Crippen MR) is 136 cm³/mol. The Morgan fingerprint density at radius 2 is 2.03 bits per heavy atom. The first-order chi connectivity index (χ1) is 16.9. The number of carbonyl (C=O) groups excluding carboxylic acids is 2. The molecule has 10 heteroatoms. The molecule has 4 aromatic rings. The summed E-state index contributed by atoms with van der Waals surface area (Å²) in [5, 5.41) is 3.90. The summed E-state index contributed by atoms with van der Waals surface area (Å²) in [4.78, 5) is 46.5. The molecular formula is C25H24N4O4S2. The fraction of sp³-hybridized carbons (Fsp3) is 0.280. The summed E-state index contributed by atoms with van der Waals surface area (Å²) in [5.41, 5.74) is 2.62. The molecule has 180 valence electrons. The van der Waals surface area contributed by atoms with Crippen molar-refractivity contribution in [1.29, 1.82) is 0 Å². The molecule has 0 unspecified atom stereocenters. The standard InChI is InChI=1S/C25H24N4O4S2/c1-15-5-7-17(8-6-15)29-24(32)22-19-9-10-28(16(2)30)13-20(19)35-23(22)27-25(29)34-14-21(31)26-12-18-4-3-11-33-18/h3-8,11H,9-10,12-14H2,1-2H3,(H,26,31). The van der Waals surface area contributed by atoms with E-state index in [9.17, 15) is 14.4 Å². The second-order valence-corrected chi connectivity index (χ2v) is 10.4. The summed E-state index contributed by atoms with van der Waals surface area (Å²) in [7, 11) is 0. The van der Waals surface area contributed by atoms with Crippen molar-refractivity contribution in [3.63, 3.8) is 0 Å². The highest BCUT2D eigenvalue weighted by Gasteiger charge is 2.26. The number of furan rings is 1. The van der Waals surface area contributed by atoms with Gasteiger partial charge in [0.2, 0.25) is 11.8 Å². The van der Waals surface area contributed by atoms with E-state index in [-0.39, 0.29) is 23.1 Å². The minimum atomic E-state index is -0.182. The fourth-order valence-corrected chi connectivity index (χ4v) is 6.21. The Hall–Kier alpha value is -3.37. The van der Waals surface area contributed by atoms with Crippen LogP contribution in [0.5, 0.6) is 0 Å². The van der Waals surface area contributed by atoms with E-state index in [0.29, 0.717) is 52.9 Å². The van der Waals surface area contributed by atoms with Crippen LogP contribution in [-0.2, 0) is 29.1 Å². The van der Waals surface area contributed by atoms with Crippen LogP contribution in [0.3, 0.4) is 0 Å². The third-order valence-corrected chi connectivity index (χ3v) is 8.00. The van der Waals surface area contributed by atoms with Crippen LogP contribution in [0.15, 0.2) is 57.0 Å². The Balaban J connectivity index is 1.50. The molecule has 0 fully saturated rings. The normalized spacial score (nSPS) is 13.1. The van der Waals surface area contributed by atoms with Gasteiger partial charge in [0.1, 0.15) is 10.6 Å². The summed E-state index contributed by atoms with van der Waals surface area (Å²) in [6.07, 6.45) is 2.19. The molecule has 1 aliphatic heterocycles. The van der Waals surface area contributed by atoms with Crippen LogP contribution in [0, 0.1) is 6.92 Å². The number of thiophene rings is 1.